The van der Waals surface area contributed by atoms with Crippen molar-refractivity contribution in [2.24, 2.45) is 0 Å². The molecule has 5 heteroatoms. The highest BCUT2D eigenvalue weighted by molar-refractivity contribution is 7.11. The van der Waals surface area contributed by atoms with E-state index in [1.54, 1.807) is 23.7 Å². The summed E-state index contributed by atoms with van der Waals surface area (Å²) in [5, 5.41) is 0. The molecule has 3 rings (SSSR count). The van der Waals surface area contributed by atoms with E-state index in [2.05, 4.69) is 41.2 Å². The molecule has 2 aromatic heterocycles. The van der Waals surface area contributed by atoms with Crippen molar-refractivity contribution in [2.45, 2.75) is 19.9 Å². The van der Waals surface area contributed by atoms with Gasteiger partial charge in [0.25, 0.3) is 5.91 Å². The summed E-state index contributed by atoms with van der Waals surface area (Å²) in [4.78, 5) is 25.2. The summed E-state index contributed by atoms with van der Waals surface area (Å²) in [5.41, 5.74) is 1.61. The summed E-state index contributed by atoms with van der Waals surface area (Å²) >= 11 is 1.72. The van der Waals surface area contributed by atoms with Crippen LogP contribution in [0.1, 0.15) is 25.8 Å². The molecule has 3 aromatic rings. The zero-order valence-electron chi connectivity index (χ0n) is 13.6. The minimum Gasteiger partial charge on any atom is -0.332 e. The molecule has 0 aliphatic carbocycles. The van der Waals surface area contributed by atoms with Gasteiger partial charge in [-0.15, -0.1) is 11.3 Å². The van der Waals surface area contributed by atoms with Gasteiger partial charge in [0.05, 0.1) is 12.7 Å². The fourth-order valence-electron chi connectivity index (χ4n) is 2.49. The molecule has 0 bridgehead atoms. The highest BCUT2D eigenvalue weighted by atomic mass is 32.1. The number of rotatable bonds is 6. The van der Waals surface area contributed by atoms with Crippen LogP contribution in [0.15, 0.2) is 61.1 Å². The Kier molecular flexibility index (Phi) is 5.33. The van der Waals surface area contributed by atoms with E-state index in [0.29, 0.717) is 18.8 Å². The minimum atomic E-state index is -0.0786. The molecular formula is C19H19N3OS. The van der Waals surface area contributed by atoms with E-state index in [1.807, 2.05) is 23.1 Å². The number of benzene rings is 1. The van der Waals surface area contributed by atoms with Crippen molar-refractivity contribution in [3.05, 3.63) is 82.1 Å². The van der Waals surface area contributed by atoms with Crippen LogP contribution in [0.2, 0.25) is 0 Å². The minimum absolute atomic E-state index is 0.0786. The summed E-state index contributed by atoms with van der Waals surface area (Å²) in [7, 11) is 0. The Morgan fingerprint density at radius 1 is 1.12 bits per heavy atom. The second kappa shape index (κ2) is 7.84. The number of amides is 1. The molecule has 122 valence electrons. The Balaban J connectivity index is 1.76. The van der Waals surface area contributed by atoms with E-state index in [1.165, 1.54) is 21.5 Å². The number of hydrogen-bond donors (Lipinski definition) is 0. The quantitative estimate of drug-likeness (QED) is 0.688. The van der Waals surface area contributed by atoms with E-state index in [9.17, 15) is 4.79 Å². The molecule has 0 N–H and O–H groups in total. The second-order valence-electron chi connectivity index (χ2n) is 5.57. The van der Waals surface area contributed by atoms with Crippen molar-refractivity contribution in [3.8, 4) is 0 Å². The van der Waals surface area contributed by atoms with Crippen molar-refractivity contribution in [3.63, 3.8) is 0 Å². The van der Waals surface area contributed by atoms with Gasteiger partial charge in [0, 0.05) is 28.7 Å². The van der Waals surface area contributed by atoms with E-state index < -0.39 is 0 Å². The van der Waals surface area contributed by atoms with Crippen LogP contribution in [0.5, 0.6) is 0 Å². The zero-order chi connectivity index (χ0) is 16.8. The smallest absolute Gasteiger partial charge is 0.274 e. The Morgan fingerprint density at radius 2 is 1.96 bits per heavy atom. The normalized spacial score (nSPS) is 10.5. The molecule has 1 amide bonds. The lowest BCUT2D eigenvalue weighted by molar-refractivity contribution is 0.0740. The van der Waals surface area contributed by atoms with Crippen LogP contribution in [0.25, 0.3) is 0 Å². The molecule has 0 fully saturated rings. The summed E-state index contributed by atoms with van der Waals surface area (Å²) in [6.45, 7) is 3.32. The van der Waals surface area contributed by atoms with Crippen molar-refractivity contribution < 1.29 is 4.79 Å². The van der Waals surface area contributed by atoms with Gasteiger partial charge in [0.15, 0.2) is 0 Å². The number of aromatic nitrogens is 2. The third-order valence-electron chi connectivity index (χ3n) is 3.73. The number of thiophene rings is 1. The number of aryl methyl sites for hydroxylation is 1. The summed E-state index contributed by atoms with van der Waals surface area (Å²) in [5.74, 6) is -0.0786. The van der Waals surface area contributed by atoms with Crippen LogP contribution in [-0.2, 0) is 13.0 Å². The molecule has 0 saturated carbocycles. The molecule has 4 nitrogen and oxygen atoms in total. The highest BCUT2D eigenvalue weighted by Crippen LogP contribution is 2.18. The first kappa shape index (κ1) is 16.3. The summed E-state index contributed by atoms with van der Waals surface area (Å²) < 4.78 is 0. The van der Waals surface area contributed by atoms with Gasteiger partial charge in [-0.3, -0.25) is 9.78 Å². The highest BCUT2D eigenvalue weighted by Gasteiger charge is 2.18. The fourth-order valence-corrected chi connectivity index (χ4v) is 3.40. The summed E-state index contributed by atoms with van der Waals surface area (Å²) in [6, 6.07) is 14.4. The van der Waals surface area contributed by atoms with Crippen LogP contribution >= 0.6 is 11.3 Å². The van der Waals surface area contributed by atoms with Crippen LogP contribution in [0.4, 0.5) is 0 Å². The monoisotopic (exact) mass is 337 g/mol. The third-order valence-corrected chi connectivity index (χ3v) is 4.71. The van der Waals surface area contributed by atoms with Crippen LogP contribution in [0.3, 0.4) is 0 Å². The van der Waals surface area contributed by atoms with Gasteiger partial charge >= 0.3 is 0 Å². The number of hydrogen-bond acceptors (Lipinski definition) is 4. The number of carbonyl (C=O) groups excluding carboxylic acids is 1. The molecule has 0 spiro atoms. The lowest BCUT2D eigenvalue weighted by Gasteiger charge is -2.21. The molecule has 2 heterocycles. The molecule has 0 radical (unpaired) electrons. The van der Waals surface area contributed by atoms with Crippen molar-refractivity contribution in [2.75, 3.05) is 6.54 Å². The topological polar surface area (TPSA) is 46.1 Å². The number of nitrogens with zero attached hydrogens (tertiary/aromatic N) is 3. The van der Waals surface area contributed by atoms with Gasteiger partial charge in [-0.1, -0.05) is 30.3 Å². The van der Waals surface area contributed by atoms with Gasteiger partial charge in [0.1, 0.15) is 5.69 Å². The predicted octanol–water partition coefficient (Wildman–Crippen LogP) is 3.73. The molecular weight excluding hydrogens is 318 g/mol. The predicted molar refractivity (Wildman–Crippen MR) is 96.0 cm³/mol. The number of carbonyl (C=O) groups is 1. The molecule has 0 unspecified atom stereocenters. The maximum absolute atomic E-state index is 12.8. The first-order valence-corrected chi connectivity index (χ1v) is 8.68. The average Bonchev–Trinajstić information content (AvgIpc) is 3.04. The molecule has 0 saturated heterocycles. The third kappa shape index (κ3) is 4.26. The Labute approximate surface area is 145 Å². The van der Waals surface area contributed by atoms with Crippen LogP contribution in [-0.4, -0.2) is 27.3 Å². The van der Waals surface area contributed by atoms with E-state index in [-0.39, 0.29) is 5.91 Å². The largest absolute Gasteiger partial charge is 0.332 e. The van der Waals surface area contributed by atoms with Crippen LogP contribution in [0, 0.1) is 6.92 Å². The van der Waals surface area contributed by atoms with Gasteiger partial charge in [-0.05, 0) is 31.0 Å². The lowest BCUT2D eigenvalue weighted by atomic mass is 10.1. The fraction of sp³-hybridized carbons (Fsp3) is 0.211. The molecule has 0 aliphatic heterocycles. The standard InChI is InChI=1S/C19H19N3OS/c1-15-7-8-17(24-15)14-22(12-9-16-5-3-2-4-6-16)19(23)18-13-20-10-11-21-18/h2-8,10-11,13H,9,12,14H2,1H3. The molecule has 1 aromatic carbocycles. The van der Waals surface area contributed by atoms with Crippen molar-refractivity contribution in [1.82, 2.24) is 14.9 Å². The van der Waals surface area contributed by atoms with Crippen LogP contribution < -0.4 is 0 Å². The molecule has 0 atom stereocenters. The first-order chi connectivity index (χ1) is 11.7. The van der Waals surface area contributed by atoms with E-state index in [0.717, 1.165) is 6.42 Å². The molecule has 0 aliphatic rings. The second-order valence-corrected chi connectivity index (χ2v) is 6.94. The Hall–Kier alpha value is -2.53. The Morgan fingerprint density at radius 3 is 2.62 bits per heavy atom. The summed E-state index contributed by atoms with van der Waals surface area (Å²) in [6.07, 6.45) is 5.47. The van der Waals surface area contributed by atoms with Crippen molar-refractivity contribution in [1.29, 1.82) is 0 Å². The zero-order valence-corrected chi connectivity index (χ0v) is 14.4. The van der Waals surface area contributed by atoms with E-state index >= 15 is 0 Å². The van der Waals surface area contributed by atoms with E-state index in [4.69, 9.17) is 0 Å². The van der Waals surface area contributed by atoms with Crippen molar-refractivity contribution >= 4 is 17.2 Å². The lowest BCUT2D eigenvalue weighted by Crippen LogP contribution is -2.32. The molecule has 24 heavy (non-hydrogen) atoms. The van der Waals surface area contributed by atoms with Gasteiger partial charge < -0.3 is 4.90 Å². The maximum Gasteiger partial charge on any atom is 0.274 e. The maximum atomic E-state index is 12.8. The first-order valence-electron chi connectivity index (χ1n) is 7.87. The van der Waals surface area contributed by atoms with Gasteiger partial charge in [-0.2, -0.15) is 0 Å². The Bertz CT molecular complexity index is 787. The van der Waals surface area contributed by atoms with Gasteiger partial charge in [-0.25, -0.2) is 4.98 Å². The SMILES string of the molecule is Cc1ccc(CN(CCc2ccccc2)C(=O)c2cnccn2)s1. The van der Waals surface area contributed by atoms with Gasteiger partial charge in [0.2, 0.25) is 0 Å². The average molecular weight is 337 g/mol.